The Labute approximate surface area is 244 Å². The number of para-hydroxylation sites is 1. The topological polar surface area (TPSA) is 125 Å². The number of anilines is 3. The Kier molecular flexibility index (Phi) is 8.56. The van der Waals surface area contributed by atoms with Crippen molar-refractivity contribution in [3.8, 4) is 0 Å². The second-order valence-electron chi connectivity index (χ2n) is 10.1. The van der Waals surface area contributed by atoms with Crippen molar-refractivity contribution in [1.29, 1.82) is 0 Å². The van der Waals surface area contributed by atoms with E-state index in [-0.39, 0.29) is 13.0 Å². The predicted octanol–water partition coefficient (Wildman–Crippen LogP) is 5.27. The molecule has 1 atom stereocenters. The van der Waals surface area contributed by atoms with Crippen LogP contribution in [0, 0.1) is 6.92 Å². The van der Waals surface area contributed by atoms with Crippen LogP contribution in [-0.4, -0.2) is 48.9 Å². The van der Waals surface area contributed by atoms with E-state index in [2.05, 4.69) is 20.9 Å². The number of carbonyl (C=O) groups is 3. The lowest BCUT2D eigenvalue weighted by atomic mass is 9.87. The lowest BCUT2D eigenvalue weighted by Crippen LogP contribution is -2.56. The first-order chi connectivity index (χ1) is 20.3. The number of hydrogen-bond donors (Lipinski definition) is 4. The molecule has 0 spiro atoms. The van der Waals surface area contributed by atoms with Gasteiger partial charge in [-0.05, 0) is 63.2 Å². The van der Waals surface area contributed by atoms with E-state index < -0.39 is 29.7 Å². The zero-order chi connectivity index (χ0) is 29.7. The Morgan fingerprint density at radius 3 is 2.38 bits per heavy atom. The fourth-order valence-corrected chi connectivity index (χ4v) is 5.29. The molecule has 5 rings (SSSR count). The minimum atomic E-state index is -1.68. The van der Waals surface area contributed by atoms with Gasteiger partial charge < -0.3 is 35.3 Å². The molecule has 2 heterocycles. The number of carbonyl (C=O) groups excluding carboxylic acids is 3. The summed E-state index contributed by atoms with van der Waals surface area (Å²) in [5, 5.41) is 9.53. The Morgan fingerprint density at radius 2 is 1.64 bits per heavy atom. The molecule has 4 amide bonds. The lowest BCUT2D eigenvalue weighted by Gasteiger charge is -2.30. The highest BCUT2D eigenvalue weighted by Gasteiger charge is 2.53. The number of rotatable bonds is 11. The van der Waals surface area contributed by atoms with Gasteiger partial charge in [0, 0.05) is 47.3 Å². The van der Waals surface area contributed by atoms with Gasteiger partial charge in [-0.1, -0.05) is 35.9 Å². The fourth-order valence-electron chi connectivity index (χ4n) is 5.29. The highest BCUT2D eigenvalue weighted by Crippen LogP contribution is 2.43. The number of urea groups is 1. The number of ether oxygens (including phenoxy) is 2. The maximum atomic E-state index is 14.4. The van der Waals surface area contributed by atoms with E-state index in [9.17, 15) is 14.4 Å². The van der Waals surface area contributed by atoms with Crippen molar-refractivity contribution in [2.45, 2.75) is 39.0 Å². The van der Waals surface area contributed by atoms with Crippen LogP contribution in [0.5, 0.6) is 0 Å². The maximum Gasteiger partial charge on any atom is 0.320 e. The van der Waals surface area contributed by atoms with Crippen molar-refractivity contribution in [2.24, 2.45) is 0 Å². The van der Waals surface area contributed by atoms with Crippen molar-refractivity contribution in [1.82, 2.24) is 10.3 Å². The largest absolute Gasteiger partial charge is 0.361 e. The summed E-state index contributed by atoms with van der Waals surface area (Å²) in [6, 6.07) is 21.2. The molecule has 0 aliphatic carbocycles. The number of aromatic amines is 1. The number of benzene rings is 3. The molecule has 42 heavy (non-hydrogen) atoms. The fraction of sp³-hybridized carbons (Fsp3) is 0.281. The van der Waals surface area contributed by atoms with E-state index in [1.165, 1.54) is 4.90 Å². The van der Waals surface area contributed by atoms with Gasteiger partial charge in [-0.25, -0.2) is 4.79 Å². The van der Waals surface area contributed by atoms with Crippen LogP contribution in [0.25, 0.3) is 10.9 Å². The number of aryl methyl sites for hydroxylation is 1. The van der Waals surface area contributed by atoms with Gasteiger partial charge in [0.25, 0.3) is 5.91 Å². The first-order valence-corrected chi connectivity index (χ1v) is 14.0. The third kappa shape index (κ3) is 6.00. The number of aromatic nitrogens is 1. The summed E-state index contributed by atoms with van der Waals surface area (Å²) in [7, 11) is 0. The van der Waals surface area contributed by atoms with Gasteiger partial charge in [0.2, 0.25) is 5.91 Å². The molecular weight excluding hydrogens is 534 g/mol. The molecule has 1 unspecified atom stereocenters. The van der Waals surface area contributed by atoms with Gasteiger partial charge >= 0.3 is 6.03 Å². The molecule has 0 saturated heterocycles. The van der Waals surface area contributed by atoms with E-state index in [1.807, 2.05) is 63.4 Å². The van der Waals surface area contributed by atoms with E-state index in [0.29, 0.717) is 35.8 Å². The average molecular weight is 570 g/mol. The van der Waals surface area contributed by atoms with Crippen LogP contribution < -0.4 is 20.9 Å². The summed E-state index contributed by atoms with van der Waals surface area (Å²) in [6.07, 6.45) is 0.804. The summed E-state index contributed by atoms with van der Waals surface area (Å²) in [6.45, 7) is 6.53. The predicted molar refractivity (Wildman–Crippen MR) is 162 cm³/mol. The average Bonchev–Trinajstić information content (AvgIpc) is 3.52. The number of H-pyrrole nitrogens is 1. The van der Waals surface area contributed by atoms with E-state index in [4.69, 9.17) is 9.47 Å². The maximum absolute atomic E-state index is 14.4. The van der Waals surface area contributed by atoms with Crippen molar-refractivity contribution in [3.05, 3.63) is 90.1 Å². The zero-order valence-corrected chi connectivity index (χ0v) is 23.9. The summed E-state index contributed by atoms with van der Waals surface area (Å²) in [5.41, 5.74) is 2.52. The van der Waals surface area contributed by atoms with Gasteiger partial charge in [0.05, 0.1) is 18.7 Å². The quantitative estimate of drug-likeness (QED) is 0.183. The van der Waals surface area contributed by atoms with Crippen LogP contribution in [-0.2, 0) is 24.6 Å². The normalized spacial score (nSPS) is 16.1. The molecule has 0 radical (unpaired) electrons. The Balaban J connectivity index is 1.48. The van der Waals surface area contributed by atoms with Gasteiger partial charge in [-0.15, -0.1) is 0 Å². The van der Waals surface area contributed by atoms with Crippen molar-refractivity contribution in [2.75, 3.05) is 35.3 Å². The molecular formula is C32H35N5O5. The Bertz CT molecular complexity index is 1580. The second-order valence-corrected chi connectivity index (χ2v) is 10.1. The van der Waals surface area contributed by atoms with Gasteiger partial charge in [-0.3, -0.25) is 9.59 Å². The summed E-state index contributed by atoms with van der Waals surface area (Å²) in [5.74, 6) is -0.889. The molecule has 10 heteroatoms. The van der Waals surface area contributed by atoms with Crippen LogP contribution in [0.1, 0.15) is 31.4 Å². The minimum absolute atomic E-state index is 0.0896. The van der Waals surface area contributed by atoms with Crippen LogP contribution >= 0.6 is 0 Å². The van der Waals surface area contributed by atoms with Crippen LogP contribution in [0.15, 0.2) is 79.0 Å². The third-order valence-electron chi connectivity index (χ3n) is 7.20. The van der Waals surface area contributed by atoms with Gasteiger partial charge in [0.1, 0.15) is 0 Å². The van der Waals surface area contributed by atoms with Gasteiger partial charge in [-0.2, -0.15) is 0 Å². The van der Waals surface area contributed by atoms with Crippen molar-refractivity contribution < 1.29 is 23.9 Å². The summed E-state index contributed by atoms with van der Waals surface area (Å²) < 4.78 is 11.5. The second kappa shape index (κ2) is 12.5. The summed E-state index contributed by atoms with van der Waals surface area (Å²) in [4.78, 5) is 46.1. The summed E-state index contributed by atoms with van der Waals surface area (Å²) >= 11 is 0. The van der Waals surface area contributed by atoms with Gasteiger partial charge in [0.15, 0.2) is 11.8 Å². The number of nitrogens with zero attached hydrogens (tertiary/aromatic N) is 1. The molecule has 4 N–H and O–H groups in total. The smallest absolute Gasteiger partial charge is 0.320 e. The molecule has 3 aromatic carbocycles. The van der Waals surface area contributed by atoms with E-state index in [0.717, 1.165) is 16.5 Å². The Hall–Kier alpha value is -4.67. The molecule has 0 fully saturated rings. The molecule has 1 aliphatic rings. The highest BCUT2D eigenvalue weighted by atomic mass is 16.7. The molecule has 4 aromatic rings. The molecule has 10 nitrogen and oxygen atoms in total. The van der Waals surface area contributed by atoms with Crippen LogP contribution in [0.3, 0.4) is 0 Å². The minimum Gasteiger partial charge on any atom is -0.361 e. The van der Waals surface area contributed by atoms with E-state index >= 15 is 0 Å². The van der Waals surface area contributed by atoms with Crippen LogP contribution in [0.4, 0.5) is 21.9 Å². The first-order valence-electron chi connectivity index (χ1n) is 14.0. The Morgan fingerprint density at radius 1 is 0.929 bits per heavy atom. The standard InChI is InChI=1S/C32H35N5O5/c1-4-41-29(42-5-2)20-37-27-9-7-6-8-25(27)32(30(37)39,36-31(40)35-23-12-10-21(3)11-13-23)19-28(38)34-24-14-15-26-22(18-24)16-17-33-26/h6-18,29,33H,4-5,19-20H2,1-3H3,(H,34,38)(H2,35,36,40). The van der Waals surface area contributed by atoms with Crippen molar-refractivity contribution in [3.63, 3.8) is 0 Å². The zero-order valence-electron chi connectivity index (χ0n) is 23.9. The number of nitrogens with one attached hydrogen (secondary N) is 4. The molecule has 0 saturated carbocycles. The highest BCUT2D eigenvalue weighted by molar-refractivity contribution is 6.13. The SMILES string of the molecule is CCOC(CN1C(=O)C(CC(=O)Nc2ccc3[nH]ccc3c2)(NC(=O)Nc2ccc(C)cc2)c2ccccc21)OCC. The molecule has 218 valence electrons. The molecule has 1 aromatic heterocycles. The third-order valence-corrected chi connectivity index (χ3v) is 7.20. The van der Waals surface area contributed by atoms with E-state index in [1.54, 1.807) is 36.4 Å². The number of fused-ring (bicyclic) bond motifs is 2. The molecule has 0 bridgehead atoms. The number of hydrogen-bond acceptors (Lipinski definition) is 5. The van der Waals surface area contributed by atoms with Crippen LogP contribution in [0.2, 0.25) is 0 Å². The molecule has 1 aliphatic heterocycles. The monoisotopic (exact) mass is 569 g/mol. The van der Waals surface area contributed by atoms with Crippen molar-refractivity contribution >= 4 is 45.8 Å². The number of amides is 4. The lowest BCUT2D eigenvalue weighted by molar-refractivity contribution is -0.138. The first kappa shape index (κ1) is 28.8.